The van der Waals surface area contributed by atoms with E-state index in [0.717, 1.165) is 23.4 Å². The fraction of sp³-hybridized carbons (Fsp3) is 0.333. The van der Waals surface area contributed by atoms with Crippen LogP contribution in [0, 0.1) is 0 Å². The minimum Gasteiger partial charge on any atom is -0.382 e. The van der Waals surface area contributed by atoms with Crippen molar-refractivity contribution < 1.29 is 0 Å². The zero-order valence-corrected chi connectivity index (χ0v) is 7.04. The Morgan fingerprint density at radius 3 is 3.08 bits per heavy atom. The van der Waals surface area contributed by atoms with Gasteiger partial charge in [0.25, 0.3) is 0 Å². The van der Waals surface area contributed by atoms with E-state index >= 15 is 0 Å². The first kappa shape index (κ1) is 7.28. The Hall–Kier alpha value is -1.38. The van der Waals surface area contributed by atoms with Crippen molar-refractivity contribution in [2.45, 2.75) is 19.9 Å². The van der Waals surface area contributed by atoms with Gasteiger partial charge in [0.2, 0.25) is 0 Å². The second-order valence-electron chi connectivity index (χ2n) is 2.87. The van der Waals surface area contributed by atoms with Gasteiger partial charge in [0.05, 0.1) is 6.54 Å². The van der Waals surface area contributed by atoms with E-state index in [2.05, 4.69) is 23.0 Å². The summed E-state index contributed by atoms with van der Waals surface area (Å²) in [4.78, 5) is 8.51. The molecule has 1 aliphatic heterocycles. The van der Waals surface area contributed by atoms with Crippen molar-refractivity contribution in [3.63, 3.8) is 0 Å². The topological polar surface area (TPSA) is 51.3 Å². The average molecular weight is 161 g/mol. The van der Waals surface area contributed by atoms with Gasteiger partial charge in [-0.15, -0.1) is 0 Å². The van der Waals surface area contributed by atoms with Crippen LogP contribution in [0.4, 0.5) is 0 Å². The Balaban J connectivity index is 2.50. The van der Waals surface area contributed by atoms with Gasteiger partial charge in [-0.2, -0.15) is 0 Å². The number of hydrogen-bond acceptors (Lipinski definition) is 3. The van der Waals surface area contributed by atoms with Crippen LogP contribution in [-0.2, 0) is 13.0 Å². The molecule has 1 aliphatic rings. The van der Waals surface area contributed by atoms with Crippen molar-refractivity contribution in [3.05, 3.63) is 29.1 Å². The quantitative estimate of drug-likeness (QED) is 0.664. The Morgan fingerprint density at radius 1 is 1.50 bits per heavy atom. The fourth-order valence-corrected chi connectivity index (χ4v) is 1.32. The standard InChI is InChI=1S/C9H11N3/c1-2-7-4-3-6-5-11-9(10)8(6)12-7/h3-4H,2,5H2,1H3,(H2,10,11). The lowest BCUT2D eigenvalue weighted by molar-refractivity contribution is 1.01. The highest BCUT2D eigenvalue weighted by Crippen LogP contribution is 2.15. The number of nitrogens with two attached hydrogens (primary N) is 1. The lowest BCUT2D eigenvalue weighted by atomic mass is 10.2. The van der Waals surface area contributed by atoms with Crippen molar-refractivity contribution in [3.8, 4) is 0 Å². The highest BCUT2D eigenvalue weighted by Gasteiger charge is 2.14. The number of rotatable bonds is 1. The minimum absolute atomic E-state index is 0.584. The van der Waals surface area contributed by atoms with Crippen LogP contribution in [0.15, 0.2) is 17.1 Å². The average Bonchev–Trinajstić information content (AvgIpc) is 2.47. The molecule has 3 heteroatoms. The van der Waals surface area contributed by atoms with E-state index in [-0.39, 0.29) is 0 Å². The van der Waals surface area contributed by atoms with E-state index in [1.54, 1.807) is 0 Å². The molecule has 0 fully saturated rings. The Morgan fingerprint density at radius 2 is 2.33 bits per heavy atom. The van der Waals surface area contributed by atoms with Gasteiger partial charge in [-0.05, 0) is 12.5 Å². The highest BCUT2D eigenvalue weighted by atomic mass is 14.9. The normalized spacial score (nSPS) is 14.2. The van der Waals surface area contributed by atoms with E-state index in [0.29, 0.717) is 12.4 Å². The predicted molar refractivity (Wildman–Crippen MR) is 48.0 cm³/mol. The molecule has 0 atom stereocenters. The second-order valence-corrected chi connectivity index (χ2v) is 2.87. The van der Waals surface area contributed by atoms with Gasteiger partial charge in [-0.3, -0.25) is 4.99 Å². The molecule has 1 aromatic rings. The number of hydrogen-bond donors (Lipinski definition) is 1. The highest BCUT2D eigenvalue weighted by molar-refractivity contribution is 5.98. The van der Waals surface area contributed by atoms with Crippen LogP contribution in [0.3, 0.4) is 0 Å². The number of amidine groups is 1. The maximum absolute atomic E-state index is 5.66. The summed E-state index contributed by atoms with van der Waals surface area (Å²) in [6, 6.07) is 4.09. The van der Waals surface area contributed by atoms with Crippen molar-refractivity contribution in [2.75, 3.05) is 0 Å². The molecule has 2 rings (SSSR count). The van der Waals surface area contributed by atoms with Crippen molar-refractivity contribution >= 4 is 5.84 Å². The van der Waals surface area contributed by atoms with E-state index < -0.39 is 0 Å². The Bertz CT molecular complexity index is 342. The maximum atomic E-state index is 5.66. The molecule has 2 heterocycles. The van der Waals surface area contributed by atoms with E-state index in [1.807, 2.05) is 6.07 Å². The number of nitrogens with zero attached hydrogens (tertiary/aromatic N) is 2. The van der Waals surface area contributed by atoms with Crippen LogP contribution in [-0.4, -0.2) is 10.8 Å². The Kier molecular flexibility index (Phi) is 1.57. The molecule has 0 saturated carbocycles. The fourth-order valence-electron chi connectivity index (χ4n) is 1.32. The first-order valence-electron chi connectivity index (χ1n) is 4.10. The van der Waals surface area contributed by atoms with Crippen molar-refractivity contribution in [1.29, 1.82) is 0 Å². The lowest BCUT2D eigenvalue weighted by Gasteiger charge is -2.00. The molecule has 0 aliphatic carbocycles. The van der Waals surface area contributed by atoms with E-state index in [9.17, 15) is 0 Å². The van der Waals surface area contributed by atoms with Crippen LogP contribution in [0.1, 0.15) is 23.9 Å². The molecule has 12 heavy (non-hydrogen) atoms. The molecule has 1 aromatic heterocycles. The number of aliphatic imine (C=N–C) groups is 1. The molecule has 0 radical (unpaired) electrons. The van der Waals surface area contributed by atoms with Crippen LogP contribution < -0.4 is 5.73 Å². The van der Waals surface area contributed by atoms with E-state index in [1.165, 1.54) is 0 Å². The number of pyridine rings is 1. The predicted octanol–water partition coefficient (Wildman–Crippen LogP) is 0.863. The molecule has 3 nitrogen and oxygen atoms in total. The summed E-state index contributed by atoms with van der Waals surface area (Å²) in [7, 11) is 0. The van der Waals surface area contributed by atoms with Gasteiger partial charge in [0.1, 0.15) is 11.5 Å². The third kappa shape index (κ3) is 0.978. The smallest absolute Gasteiger partial charge is 0.145 e. The first-order valence-corrected chi connectivity index (χ1v) is 4.10. The zero-order chi connectivity index (χ0) is 8.55. The molecule has 0 unspecified atom stereocenters. The Labute approximate surface area is 71.3 Å². The molecule has 0 bridgehead atoms. The van der Waals surface area contributed by atoms with Crippen molar-refractivity contribution in [2.24, 2.45) is 10.7 Å². The molecule has 0 saturated heterocycles. The van der Waals surface area contributed by atoms with Crippen LogP contribution in [0.5, 0.6) is 0 Å². The van der Waals surface area contributed by atoms with Crippen LogP contribution in [0.25, 0.3) is 0 Å². The third-order valence-electron chi connectivity index (χ3n) is 2.06. The number of fused-ring (bicyclic) bond motifs is 1. The summed E-state index contributed by atoms with van der Waals surface area (Å²) in [6.07, 6.45) is 0.945. The van der Waals surface area contributed by atoms with Gasteiger partial charge in [0, 0.05) is 11.3 Å². The van der Waals surface area contributed by atoms with E-state index in [4.69, 9.17) is 5.73 Å². The second kappa shape index (κ2) is 2.59. The molecule has 2 N–H and O–H groups in total. The van der Waals surface area contributed by atoms with Gasteiger partial charge in [0.15, 0.2) is 0 Å². The van der Waals surface area contributed by atoms with Crippen LogP contribution >= 0.6 is 0 Å². The summed E-state index contributed by atoms with van der Waals surface area (Å²) in [5.41, 5.74) is 8.76. The summed E-state index contributed by atoms with van der Waals surface area (Å²) in [5.74, 6) is 0.584. The lowest BCUT2D eigenvalue weighted by Crippen LogP contribution is -2.13. The van der Waals surface area contributed by atoms with Crippen LogP contribution in [0.2, 0.25) is 0 Å². The maximum Gasteiger partial charge on any atom is 0.145 e. The van der Waals surface area contributed by atoms with Gasteiger partial charge in [-0.25, -0.2) is 4.98 Å². The summed E-state index contributed by atoms with van der Waals surface area (Å²) in [6.45, 7) is 2.77. The molecular weight excluding hydrogens is 150 g/mol. The molecular formula is C9H11N3. The summed E-state index contributed by atoms with van der Waals surface area (Å²) >= 11 is 0. The summed E-state index contributed by atoms with van der Waals surface area (Å²) < 4.78 is 0. The SMILES string of the molecule is CCc1ccc2c(n1)C(N)=NC2. The molecule has 0 amide bonds. The molecule has 62 valence electrons. The zero-order valence-electron chi connectivity index (χ0n) is 7.04. The van der Waals surface area contributed by atoms with Gasteiger partial charge in [-0.1, -0.05) is 13.0 Å². The first-order chi connectivity index (χ1) is 5.81. The molecule has 0 aromatic carbocycles. The van der Waals surface area contributed by atoms with Gasteiger partial charge >= 0.3 is 0 Å². The minimum atomic E-state index is 0.584. The number of aromatic nitrogens is 1. The number of aryl methyl sites for hydroxylation is 1. The largest absolute Gasteiger partial charge is 0.382 e. The third-order valence-corrected chi connectivity index (χ3v) is 2.06. The van der Waals surface area contributed by atoms with Crippen molar-refractivity contribution in [1.82, 2.24) is 4.98 Å². The monoisotopic (exact) mass is 161 g/mol. The molecule has 0 spiro atoms. The summed E-state index contributed by atoms with van der Waals surface area (Å²) in [5, 5.41) is 0. The van der Waals surface area contributed by atoms with Gasteiger partial charge < -0.3 is 5.73 Å².